The second kappa shape index (κ2) is 8.63. The second-order valence-electron chi connectivity index (χ2n) is 7.57. The minimum atomic E-state index is -3.14. The summed E-state index contributed by atoms with van der Waals surface area (Å²) in [5, 5.41) is 14.1. The van der Waals surface area contributed by atoms with Crippen LogP contribution in [-0.4, -0.2) is 71.8 Å². The lowest BCUT2D eigenvalue weighted by atomic mass is 10.2. The third kappa shape index (κ3) is 5.02. The van der Waals surface area contributed by atoms with Gasteiger partial charge in [0, 0.05) is 43.6 Å². The number of piperazine rings is 1. The first-order chi connectivity index (χ1) is 14.9. The Morgan fingerprint density at radius 3 is 2.39 bits per heavy atom. The van der Waals surface area contributed by atoms with E-state index >= 15 is 0 Å². The van der Waals surface area contributed by atoms with Gasteiger partial charge in [-0.25, -0.2) is 8.42 Å². The predicted molar refractivity (Wildman–Crippen MR) is 118 cm³/mol. The molecule has 4 rings (SSSR count). The van der Waals surface area contributed by atoms with Crippen LogP contribution in [0.1, 0.15) is 30.3 Å². The summed E-state index contributed by atoms with van der Waals surface area (Å²) in [7, 11) is -3.14. The van der Waals surface area contributed by atoms with E-state index in [0.717, 1.165) is 24.2 Å². The van der Waals surface area contributed by atoms with Gasteiger partial charge in [0.2, 0.25) is 16.0 Å². The Hall–Kier alpha value is -2.99. The van der Waals surface area contributed by atoms with Crippen molar-refractivity contribution >= 4 is 39.1 Å². The largest absolute Gasteiger partial charge is 0.369 e. The van der Waals surface area contributed by atoms with Crippen molar-refractivity contribution in [3.05, 3.63) is 30.0 Å². The van der Waals surface area contributed by atoms with Gasteiger partial charge in [0.1, 0.15) is 0 Å². The molecule has 0 radical (unpaired) electrons. The number of anilines is 4. The highest BCUT2D eigenvalue weighted by atomic mass is 32.2. The summed E-state index contributed by atoms with van der Waals surface area (Å²) in [6, 6.07) is 7.99. The van der Waals surface area contributed by atoms with Crippen LogP contribution in [0.5, 0.6) is 0 Å². The number of hydrogen-bond donors (Lipinski definition) is 3. The van der Waals surface area contributed by atoms with E-state index in [1.54, 1.807) is 11.2 Å². The number of amides is 1. The molecule has 31 heavy (non-hydrogen) atoms. The lowest BCUT2D eigenvalue weighted by Crippen LogP contribution is -2.49. The molecule has 166 valence electrons. The Morgan fingerprint density at radius 2 is 1.81 bits per heavy atom. The monoisotopic (exact) mass is 446 g/mol. The average Bonchev–Trinajstić information content (AvgIpc) is 3.58. The van der Waals surface area contributed by atoms with Gasteiger partial charge in [-0.05, 0) is 44.0 Å². The van der Waals surface area contributed by atoms with Crippen molar-refractivity contribution in [2.45, 2.75) is 25.8 Å². The lowest BCUT2D eigenvalue weighted by molar-refractivity contribution is 0.0995. The summed E-state index contributed by atoms with van der Waals surface area (Å²) in [6.07, 6.45) is 2.04. The zero-order chi connectivity index (χ0) is 22.0. The summed E-state index contributed by atoms with van der Waals surface area (Å²) in [4.78, 5) is 18.1. The molecule has 1 amide bonds. The van der Waals surface area contributed by atoms with Crippen molar-refractivity contribution in [3.63, 3.8) is 0 Å². The van der Waals surface area contributed by atoms with Crippen LogP contribution in [0.25, 0.3) is 0 Å². The molecule has 0 unspecified atom stereocenters. The number of carbonyl (C=O) groups excluding carboxylic acids is 1. The van der Waals surface area contributed by atoms with Crippen molar-refractivity contribution in [3.8, 4) is 0 Å². The van der Waals surface area contributed by atoms with Crippen molar-refractivity contribution < 1.29 is 13.2 Å². The van der Waals surface area contributed by atoms with Crippen LogP contribution < -0.4 is 21.3 Å². The molecule has 2 aromatic rings. The normalized spacial score (nSPS) is 17.4. The zero-order valence-corrected chi connectivity index (χ0v) is 18.1. The van der Waals surface area contributed by atoms with E-state index in [1.807, 2.05) is 24.3 Å². The molecule has 0 bridgehead atoms. The molecule has 1 saturated carbocycles. The van der Waals surface area contributed by atoms with Gasteiger partial charge >= 0.3 is 0 Å². The maximum absolute atomic E-state index is 12.0. The van der Waals surface area contributed by atoms with Crippen LogP contribution in [0.3, 0.4) is 0 Å². The van der Waals surface area contributed by atoms with Crippen molar-refractivity contribution in [2.75, 3.05) is 47.5 Å². The number of nitrogens with two attached hydrogens (primary N) is 1. The highest BCUT2D eigenvalue weighted by Crippen LogP contribution is 2.26. The van der Waals surface area contributed by atoms with Crippen molar-refractivity contribution in [1.82, 2.24) is 19.5 Å². The van der Waals surface area contributed by atoms with Gasteiger partial charge in [0.25, 0.3) is 5.91 Å². The highest BCUT2D eigenvalue weighted by molar-refractivity contribution is 7.89. The third-order valence-electron chi connectivity index (χ3n) is 5.32. The molecule has 1 aromatic heterocycles. The number of sulfonamides is 1. The minimum Gasteiger partial charge on any atom is -0.369 e. The number of rotatable bonds is 8. The van der Waals surface area contributed by atoms with E-state index in [-0.39, 0.29) is 23.4 Å². The van der Waals surface area contributed by atoms with E-state index in [9.17, 15) is 13.2 Å². The number of benzene rings is 1. The summed E-state index contributed by atoms with van der Waals surface area (Å²) in [5.41, 5.74) is 7.16. The molecule has 2 fully saturated rings. The molecule has 1 aliphatic heterocycles. The van der Waals surface area contributed by atoms with E-state index in [2.05, 4.69) is 30.7 Å². The Bertz CT molecular complexity index is 1050. The van der Waals surface area contributed by atoms with E-state index < -0.39 is 15.9 Å². The van der Waals surface area contributed by atoms with E-state index in [0.29, 0.717) is 32.0 Å². The predicted octanol–water partition coefficient (Wildman–Crippen LogP) is 0.760. The smallest absolute Gasteiger partial charge is 0.273 e. The third-order valence-corrected chi connectivity index (χ3v) is 7.21. The van der Waals surface area contributed by atoms with Crippen LogP contribution in [0.2, 0.25) is 0 Å². The van der Waals surface area contributed by atoms with Gasteiger partial charge in [0.05, 0.1) is 5.75 Å². The topological polar surface area (TPSA) is 146 Å². The Kier molecular flexibility index (Phi) is 5.92. The van der Waals surface area contributed by atoms with Crippen LogP contribution >= 0.6 is 0 Å². The van der Waals surface area contributed by atoms with Crippen molar-refractivity contribution in [2.24, 2.45) is 5.73 Å². The Labute approximate surface area is 181 Å². The SMILES string of the molecule is CCS(=O)(=O)N1CCN(c2ccc(Nc3nnc(C(N)=O)c(NC4CC4)n3)cc2)CC1. The summed E-state index contributed by atoms with van der Waals surface area (Å²) in [6.45, 7) is 3.92. The molecule has 2 heterocycles. The van der Waals surface area contributed by atoms with Crippen LogP contribution in [0.15, 0.2) is 24.3 Å². The number of carbonyl (C=O) groups is 1. The van der Waals surface area contributed by atoms with E-state index in [1.165, 1.54) is 0 Å². The summed E-state index contributed by atoms with van der Waals surface area (Å²) in [5.74, 6) is 0.0528. The molecule has 1 aromatic carbocycles. The Morgan fingerprint density at radius 1 is 1.13 bits per heavy atom. The molecule has 0 atom stereocenters. The van der Waals surface area contributed by atoms with Gasteiger partial charge in [-0.1, -0.05) is 0 Å². The standard InChI is InChI=1S/C19H26N8O3S/c1-2-31(29,30)27-11-9-26(10-12-27)15-7-5-14(6-8-15)22-19-23-18(21-13-3-4-13)16(17(20)28)24-25-19/h5-8,13H,2-4,9-12H2,1H3,(H2,20,28)(H2,21,22,23,25). The summed E-state index contributed by atoms with van der Waals surface area (Å²) >= 11 is 0. The van der Waals surface area contributed by atoms with Gasteiger partial charge in [0.15, 0.2) is 11.5 Å². The first kappa shape index (κ1) is 21.2. The maximum atomic E-state index is 12.0. The maximum Gasteiger partial charge on any atom is 0.273 e. The fourth-order valence-corrected chi connectivity index (χ4v) is 4.44. The van der Waals surface area contributed by atoms with Crippen molar-refractivity contribution in [1.29, 1.82) is 0 Å². The molecule has 1 aliphatic carbocycles. The van der Waals surface area contributed by atoms with Gasteiger partial charge in [-0.15, -0.1) is 10.2 Å². The second-order valence-corrected chi connectivity index (χ2v) is 9.83. The fraction of sp³-hybridized carbons (Fsp3) is 0.474. The number of nitrogens with one attached hydrogen (secondary N) is 2. The van der Waals surface area contributed by atoms with Crippen LogP contribution in [-0.2, 0) is 10.0 Å². The summed E-state index contributed by atoms with van der Waals surface area (Å²) < 4.78 is 25.6. The molecule has 11 nitrogen and oxygen atoms in total. The molecule has 1 saturated heterocycles. The Balaban J connectivity index is 1.40. The molecule has 2 aliphatic rings. The quantitative estimate of drug-likeness (QED) is 0.535. The molecular weight excluding hydrogens is 420 g/mol. The lowest BCUT2D eigenvalue weighted by Gasteiger charge is -2.35. The fourth-order valence-electron chi connectivity index (χ4n) is 3.36. The van der Waals surface area contributed by atoms with Crippen LogP contribution in [0, 0.1) is 0 Å². The molecule has 0 spiro atoms. The molecule has 4 N–H and O–H groups in total. The minimum absolute atomic E-state index is 0.0250. The number of hydrogen-bond acceptors (Lipinski definition) is 9. The first-order valence-electron chi connectivity index (χ1n) is 10.3. The average molecular weight is 447 g/mol. The van der Waals surface area contributed by atoms with Crippen LogP contribution in [0.4, 0.5) is 23.1 Å². The van der Waals surface area contributed by atoms with Gasteiger partial charge in [-0.2, -0.15) is 9.29 Å². The van der Waals surface area contributed by atoms with Gasteiger partial charge in [-0.3, -0.25) is 4.79 Å². The number of nitrogens with zero attached hydrogens (tertiary/aromatic N) is 5. The first-order valence-corrected chi connectivity index (χ1v) is 11.9. The number of aromatic nitrogens is 3. The van der Waals surface area contributed by atoms with Gasteiger partial charge < -0.3 is 21.3 Å². The highest BCUT2D eigenvalue weighted by Gasteiger charge is 2.26. The van der Waals surface area contributed by atoms with E-state index in [4.69, 9.17) is 5.73 Å². The molecule has 12 heteroatoms. The molecular formula is C19H26N8O3S. The number of primary amides is 1. The zero-order valence-electron chi connectivity index (χ0n) is 17.3.